The fourth-order valence-corrected chi connectivity index (χ4v) is 3.27. The van der Waals surface area contributed by atoms with Crippen molar-refractivity contribution < 1.29 is 9.32 Å². The number of amides is 1. The van der Waals surface area contributed by atoms with Gasteiger partial charge in [0.15, 0.2) is 0 Å². The van der Waals surface area contributed by atoms with Crippen LogP contribution in [0.25, 0.3) is 5.82 Å². The highest BCUT2D eigenvalue weighted by molar-refractivity contribution is 5.91. The topological polar surface area (TPSA) is 111 Å². The van der Waals surface area contributed by atoms with Crippen molar-refractivity contribution in [2.45, 2.75) is 33.6 Å². The van der Waals surface area contributed by atoms with Crippen molar-refractivity contribution in [1.29, 1.82) is 0 Å². The molecule has 0 spiro atoms. The van der Waals surface area contributed by atoms with Crippen molar-refractivity contribution >= 4 is 23.1 Å². The van der Waals surface area contributed by atoms with Gasteiger partial charge in [-0.1, -0.05) is 5.16 Å². The second-order valence-corrected chi connectivity index (χ2v) is 7.16. The normalized spacial score (nSPS) is 10.8. The molecule has 0 saturated carbocycles. The highest BCUT2D eigenvalue weighted by atomic mass is 16.5. The van der Waals surface area contributed by atoms with Crippen LogP contribution in [0, 0.1) is 20.8 Å². The average Bonchev–Trinajstić information content (AvgIpc) is 3.33. The van der Waals surface area contributed by atoms with E-state index in [9.17, 15) is 4.79 Å². The van der Waals surface area contributed by atoms with Crippen LogP contribution in [0.2, 0.25) is 0 Å². The molecule has 0 aliphatic rings. The molecule has 31 heavy (non-hydrogen) atoms. The molecule has 4 aromatic rings. The number of benzene rings is 1. The van der Waals surface area contributed by atoms with Gasteiger partial charge in [0.25, 0.3) is 0 Å². The number of carbonyl (C=O) groups is 1. The number of imidazole rings is 1. The van der Waals surface area contributed by atoms with E-state index in [4.69, 9.17) is 4.52 Å². The van der Waals surface area contributed by atoms with E-state index in [0.717, 1.165) is 40.0 Å². The molecular formula is C22H23N7O2. The van der Waals surface area contributed by atoms with Gasteiger partial charge in [0, 0.05) is 41.8 Å². The summed E-state index contributed by atoms with van der Waals surface area (Å²) in [5.41, 5.74) is 3.40. The molecule has 0 bridgehead atoms. The maximum absolute atomic E-state index is 12.3. The van der Waals surface area contributed by atoms with Crippen LogP contribution in [-0.4, -0.2) is 30.6 Å². The number of carbonyl (C=O) groups excluding carboxylic acids is 1. The summed E-state index contributed by atoms with van der Waals surface area (Å²) in [7, 11) is 0. The van der Waals surface area contributed by atoms with Crippen LogP contribution in [0.15, 0.2) is 53.6 Å². The van der Waals surface area contributed by atoms with Gasteiger partial charge >= 0.3 is 0 Å². The van der Waals surface area contributed by atoms with Gasteiger partial charge in [-0.25, -0.2) is 15.0 Å². The number of aromatic nitrogens is 5. The van der Waals surface area contributed by atoms with Crippen LogP contribution in [0.3, 0.4) is 0 Å². The van der Waals surface area contributed by atoms with E-state index in [1.807, 2.05) is 61.9 Å². The molecule has 0 aliphatic carbocycles. The molecule has 2 N–H and O–H groups in total. The smallest absolute Gasteiger partial charge is 0.224 e. The lowest BCUT2D eigenvalue weighted by Crippen LogP contribution is -2.12. The standard InChI is InChI=1S/C22H23N7O2/c1-14-19(15(2)31-28-14)8-9-22(30)27-18-6-4-17(5-7-18)26-20-12-21(25-13-24-20)29-11-10-23-16(29)3/h4-7,10-13H,8-9H2,1-3H3,(H,27,30)(H,24,25,26). The molecule has 0 radical (unpaired) electrons. The van der Waals surface area contributed by atoms with Crippen LogP contribution in [0.4, 0.5) is 17.2 Å². The third-order valence-electron chi connectivity index (χ3n) is 4.95. The zero-order valence-electron chi connectivity index (χ0n) is 17.6. The van der Waals surface area contributed by atoms with Gasteiger partial charge in [-0.2, -0.15) is 0 Å². The van der Waals surface area contributed by atoms with Gasteiger partial charge in [0.05, 0.1) is 5.69 Å². The van der Waals surface area contributed by atoms with E-state index in [-0.39, 0.29) is 5.91 Å². The summed E-state index contributed by atoms with van der Waals surface area (Å²) in [6, 6.07) is 9.30. The van der Waals surface area contributed by atoms with Crippen molar-refractivity contribution in [1.82, 2.24) is 24.7 Å². The molecule has 0 atom stereocenters. The molecule has 0 saturated heterocycles. The summed E-state index contributed by atoms with van der Waals surface area (Å²) in [4.78, 5) is 25.1. The first-order valence-electron chi connectivity index (χ1n) is 9.90. The van der Waals surface area contributed by atoms with E-state index < -0.39 is 0 Å². The summed E-state index contributed by atoms with van der Waals surface area (Å²) < 4.78 is 7.02. The van der Waals surface area contributed by atoms with E-state index in [1.165, 1.54) is 6.33 Å². The fourth-order valence-electron chi connectivity index (χ4n) is 3.27. The highest BCUT2D eigenvalue weighted by Crippen LogP contribution is 2.20. The maximum Gasteiger partial charge on any atom is 0.224 e. The van der Waals surface area contributed by atoms with Gasteiger partial charge in [-0.05, 0) is 51.5 Å². The number of nitrogens with zero attached hydrogens (tertiary/aromatic N) is 5. The number of hydrogen-bond acceptors (Lipinski definition) is 7. The van der Waals surface area contributed by atoms with Crippen molar-refractivity contribution in [2.75, 3.05) is 10.6 Å². The molecule has 4 rings (SSSR count). The van der Waals surface area contributed by atoms with Crippen molar-refractivity contribution in [2.24, 2.45) is 0 Å². The average molecular weight is 417 g/mol. The van der Waals surface area contributed by atoms with Crippen LogP contribution >= 0.6 is 0 Å². The van der Waals surface area contributed by atoms with E-state index in [2.05, 4.69) is 30.7 Å². The van der Waals surface area contributed by atoms with Crippen molar-refractivity contribution in [3.63, 3.8) is 0 Å². The van der Waals surface area contributed by atoms with Crippen LogP contribution in [0.5, 0.6) is 0 Å². The Balaban J connectivity index is 1.35. The number of hydrogen-bond donors (Lipinski definition) is 2. The molecule has 3 aromatic heterocycles. The Bertz CT molecular complexity index is 1180. The van der Waals surface area contributed by atoms with Gasteiger partial charge in [0.1, 0.15) is 29.5 Å². The van der Waals surface area contributed by atoms with E-state index >= 15 is 0 Å². The monoisotopic (exact) mass is 417 g/mol. The second kappa shape index (κ2) is 8.78. The minimum atomic E-state index is -0.0585. The Morgan fingerprint density at radius 3 is 2.52 bits per heavy atom. The molecule has 9 heteroatoms. The number of aryl methyl sites for hydroxylation is 3. The maximum atomic E-state index is 12.3. The fraction of sp³-hybridized carbons (Fsp3) is 0.227. The zero-order chi connectivity index (χ0) is 21.8. The third kappa shape index (κ3) is 4.77. The van der Waals surface area contributed by atoms with Crippen LogP contribution in [0.1, 0.15) is 29.3 Å². The SMILES string of the molecule is Cc1noc(C)c1CCC(=O)Nc1ccc(Nc2cc(-n3ccnc3C)ncn2)cc1. The summed E-state index contributed by atoms with van der Waals surface area (Å²) in [6.45, 7) is 5.65. The molecule has 0 aliphatic heterocycles. The van der Waals surface area contributed by atoms with Gasteiger partial charge in [-0.3, -0.25) is 9.36 Å². The van der Waals surface area contributed by atoms with E-state index in [1.54, 1.807) is 6.20 Å². The Labute approximate surface area is 179 Å². The van der Waals surface area contributed by atoms with Gasteiger partial charge in [-0.15, -0.1) is 0 Å². The molecule has 0 fully saturated rings. The minimum Gasteiger partial charge on any atom is -0.361 e. The van der Waals surface area contributed by atoms with Gasteiger partial charge < -0.3 is 15.2 Å². The summed E-state index contributed by atoms with van der Waals surface area (Å²) >= 11 is 0. The zero-order valence-corrected chi connectivity index (χ0v) is 17.6. The van der Waals surface area contributed by atoms with Crippen molar-refractivity contribution in [3.05, 3.63) is 71.9 Å². The lowest BCUT2D eigenvalue weighted by Gasteiger charge is -2.10. The lowest BCUT2D eigenvalue weighted by molar-refractivity contribution is -0.116. The number of rotatable bonds is 7. The largest absolute Gasteiger partial charge is 0.361 e. The van der Waals surface area contributed by atoms with E-state index in [0.29, 0.717) is 18.7 Å². The third-order valence-corrected chi connectivity index (χ3v) is 4.95. The minimum absolute atomic E-state index is 0.0585. The lowest BCUT2D eigenvalue weighted by atomic mass is 10.1. The Morgan fingerprint density at radius 2 is 1.84 bits per heavy atom. The van der Waals surface area contributed by atoms with Crippen LogP contribution in [-0.2, 0) is 11.2 Å². The van der Waals surface area contributed by atoms with Crippen LogP contribution < -0.4 is 10.6 Å². The molecule has 9 nitrogen and oxygen atoms in total. The molecule has 1 amide bonds. The molecule has 158 valence electrons. The summed E-state index contributed by atoms with van der Waals surface area (Å²) in [6.07, 6.45) is 6.04. The quantitative estimate of drug-likeness (QED) is 0.469. The predicted molar refractivity (Wildman–Crippen MR) is 117 cm³/mol. The first-order chi connectivity index (χ1) is 15.0. The Kier molecular flexibility index (Phi) is 5.74. The number of nitrogens with one attached hydrogen (secondary N) is 2. The molecular weight excluding hydrogens is 394 g/mol. The first kappa shape index (κ1) is 20.3. The number of anilines is 3. The van der Waals surface area contributed by atoms with Crippen molar-refractivity contribution in [3.8, 4) is 5.82 Å². The Hall–Kier alpha value is -4.01. The Morgan fingerprint density at radius 1 is 1.06 bits per heavy atom. The van der Waals surface area contributed by atoms with Gasteiger partial charge in [0.2, 0.25) is 5.91 Å². The first-order valence-corrected chi connectivity index (χ1v) is 9.90. The second-order valence-electron chi connectivity index (χ2n) is 7.16. The predicted octanol–water partition coefficient (Wildman–Crippen LogP) is 3.89. The summed E-state index contributed by atoms with van der Waals surface area (Å²) in [5, 5.41) is 10.1. The highest BCUT2D eigenvalue weighted by Gasteiger charge is 2.11. The molecule has 0 unspecified atom stereocenters. The summed E-state index contributed by atoms with van der Waals surface area (Å²) in [5.74, 6) is 2.94. The molecule has 1 aromatic carbocycles. The molecule has 3 heterocycles.